The number of likely N-dealkylation sites (tertiary alicyclic amines) is 1. The van der Waals surface area contributed by atoms with E-state index in [0.717, 1.165) is 38.9 Å². The van der Waals surface area contributed by atoms with Crippen molar-refractivity contribution in [2.45, 2.75) is 32.7 Å². The molecule has 0 bridgehead atoms. The average molecular weight is 310 g/mol. The number of nitrogens with zero attached hydrogens (tertiary/aromatic N) is 2. The van der Waals surface area contributed by atoms with E-state index in [1.807, 2.05) is 12.4 Å². The highest BCUT2D eigenvalue weighted by atomic mass is 16.3. The summed E-state index contributed by atoms with van der Waals surface area (Å²) in [5.74, 6) is 0. The van der Waals surface area contributed by atoms with Crippen molar-refractivity contribution in [1.29, 1.82) is 0 Å². The van der Waals surface area contributed by atoms with Gasteiger partial charge in [-0.15, -0.1) is 0 Å². The van der Waals surface area contributed by atoms with E-state index in [1.165, 1.54) is 16.7 Å². The lowest BCUT2D eigenvalue weighted by Crippen LogP contribution is -2.41. The molecule has 1 N–H and O–H groups in total. The average Bonchev–Trinajstić information content (AvgIpc) is 2.64. The smallest absolute Gasteiger partial charge is 0.0488 e. The molecule has 0 radical (unpaired) electrons. The Morgan fingerprint density at radius 3 is 2.48 bits per heavy atom. The first-order valence-corrected chi connectivity index (χ1v) is 8.57. The van der Waals surface area contributed by atoms with Crippen LogP contribution >= 0.6 is 0 Å². The number of hydrogen-bond acceptors (Lipinski definition) is 3. The predicted molar refractivity (Wildman–Crippen MR) is 94.0 cm³/mol. The molecule has 3 rings (SSSR count). The van der Waals surface area contributed by atoms with Gasteiger partial charge in [0.1, 0.15) is 0 Å². The molecule has 0 saturated carbocycles. The third-order valence-corrected chi connectivity index (χ3v) is 5.35. The van der Waals surface area contributed by atoms with Crippen LogP contribution in [0.3, 0.4) is 0 Å². The van der Waals surface area contributed by atoms with E-state index in [0.29, 0.717) is 6.61 Å². The highest BCUT2D eigenvalue weighted by molar-refractivity contribution is 5.63. The monoisotopic (exact) mass is 310 g/mol. The Kier molecular flexibility index (Phi) is 5.09. The van der Waals surface area contributed by atoms with Crippen LogP contribution in [0.15, 0.2) is 48.8 Å². The summed E-state index contributed by atoms with van der Waals surface area (Å²) in [7, 11) is 0. The first-order chi connectivity index (χ1) is 11.2. The van der Waals surface area contributed by atoms with Gasteiger partial charge in [0.25, 0.3) is 0 Å². The van der Waals surface area contributed by atoms with Gasteiger partial charge in [-0.2, -0.15) is 0 Å². The number of piperidine rings is 1. The molecule has 1 aromatic carbocycles. The topological polar surface area (TPSA) is 36.4 Å². The van der Waals surface area contributed by atoms with Gasteiger partial charge in [-0.1, -0.05) is 25.1 Å². The van der Waals surface area contributed by atoms with Crippen molar-refractivity contribution in [3.8, 4) is 11.1 Å². The van der Waals surface area contributed by atoms with Gasteiger partial charge < -0.3 is 5.11 Å². The molecule has 0 aliphatic carbocycles. The van der Waals surface area contributed by atoms with Gasteiger partial charge >= 0.3 is 0 Å². The number of pyridine rings is 1. The van der Waals surface area contributed by atoms with Gasteiger partial charge in [0.05, 0.1) is 0 Å². The second-order valence-corrected chi connectivity index (χ2v) is 6.72. The standard InChI is InChI=1S/C20H26N2O/c1-2-20(16-23)8-12-22(13-9-20)15-17-4-3-5-19(14-17)18-6-10-21-11-7-18/h3-7,10-11,14,23H,2,8-9,12-13,15-16H2,1H3. The lowest BCUT2D eigenvalue weighted by Gasteiger charge is -2.40. The first-order valence-electron chi connectivity index (χ1n) is 8.57. The van der Waals surface area contributed by atoms with Crippen LogP contribution in [0.2, 0.25) is 0 Å². The van der Waals surface area contributed by atoms with Crippen LogP contribution in [0, 0.1) is 5.41 Å². The van der Waals surface area contributed by atoms with Gasteiger partial charge in [-0.25, -0.2) is 0 Å². The lowest BCUT2D eigenvalue weighted by atomic mass is 9.77. The van der Waals surface area contributed by atoms with Gasteiger partial charge in [0.2, 0.25) is 0 Å². The van der Waals surface area contributed by atoms with Crippen LogP contribution in [0.1, 0.15) is 31.7 Å². The highest BCUT2D eigenvalue weighted by Gasteiger charge is 2.32. The Bertz CT molecular complexity index is 613. The summed E-state index contributed by atoms with van der Waals surface area (Å²) in [4.78, 5) is 6.60. The zero-order valence-electron chi connectivity index (χ0n) is 13.9. The van der Waals surface area contributed by atoms with Gasteiger partial charge in [-0.3, -0.25) is 9.88 Å². The normalized spacial score (nSPS) is 18.0. The Morgan fingerprint density at radius 1 is 1.09 bits per heavy atom. The third-order valence-electron chi connectivity index (χ3n) is 5.35. The van der Waals surface area contributed by atoms with E-state index in [-0.39, 0.29) is 5.41 Å². The molecule has 1 aliphatic heterocycles. The SMILES string of the molecule is CCC1(CO)CCN(Cc2cccc(-c3ccncc3)c2)CC1. The molecule has 0 atom stereocenters. The van der Waals surface area contributed by atoms with Gasteiger partial charge in [0, 0.05) is 25.5 Å². The van der Waals surface area contributed by atoms with Crippen LogP contribution in [-0.2, 0) is 6.54 Å². The number of rotatable bonds is 5. The highest BCUT2D eigenvalue weighted by Crippen LogP contribution is 2.34. The Hall–Kier alpha value is -1.71. The van der Waals surface area contributed by atoms with Crippen LogP contribution in [0.4, 0.5) is 0 Å². The minimum atomic E-state index is 0.162. The van der Waals surface area contributed by atoms with Crippen LogP contribution in [0.25, 0.3) is 11.1 Å². The minimum absolute atomic E-state index is 0.162. The molecule has 2 heterocycles. The maximum atomic E-state index is 9.66. The molecule has 122 valence electrons. The third kappa shape index (κ3) is 3.80. The van der Waals surface area contributed by atoms with Crippen molar-refractivity contribution >= 4 is 0 Å². The molecule has 1 aromatic heterocycles. The zero-order valence-corrected chi connectivity index (χ0v) is 13.9. The Labute approximate surface area is 139 Å². The Balaban J connectivity index is 1.66. The molecule has 1 fully saturated rings. The van der Waals surface area contributed by atoms with E-state index in [4.69, 9.17) is 0 Å². The molecule has 0 amide bonds. The van der Waals surface area contributed by atoms with E-state index >= 15 is 0 Å². The van der Waals surface area contributed by atoms with Crippen molar-refractivity contribution in [3.63, 3.8) is 0 Å². The second-order valence-electron chi connectivity index (χ2n) is 6.72. The largest absolute Gasteiger partial charge is 0.396 e. The molecular formula is C20H26N2O. The summed E-state index contributed by atoms with van der Waals surface area (Å²) in [6.45, 7) is 5.67. The van der Waals surface area contributed by atoms with Gasteiger partial charge in [-0.05, 0) is 72.7 Å². The summed E-state index contributed by atoms with van der Waals surface area (Å²) in [6, 6.07) is 12.9. The van der Waals surface area contributed by atoms with Crippen molar-refractivity contribution in [2.24, 2.45) is 5.41 Å². The number of aliphatic hydroxyl groups is 1. The second kappa shape index (κ2) is 7.24. The van der Waals surface area contributed by atoms with Gasteiger partial charge in [0.15, 0.2) is 0 Å². The summed E-state index contributed by atoms with van der Waals surface area (Å²) >= 11 is 0. The molecule has 1 saturated heterocycles. The van der Waals surface area contributed by atoms with E-state index < -0.39 is 0 Å². The lowest BCUT2D eigenvalue weighted by molar-refractivity contribution is 0.0382. The number of aliphatic hydroxyl groups excluding tert-OH is 1. The molecular weight excluding hydrogens is 284 g/mol. The summed E-state index contributed by atoms with van der Waals surface area (Å²) in [5, 5.41) is 9.66. The molecule has 2 aromatic rings. The summed E-state index contributed by atoms with van der Waals surface area (Å²) in [6.07, 6.45) is 6.96. The van der Waals surface area contributed by atoms with Crippen LogP contribution in [-0.4, -0.2) is 34.7 Å². The Morgan fingerprint density at radius 2 is 1.83 bits per heavy atom. The predicted octanol–water partition coefficient (Wildman–Crippen LogP) is 3.73. The van der Waals surface area contributed by atoms with Crippen molar-refractivity contribution in [3.05, 3.63) is 54.4 Å². The molecule has 0 unspecified atom stereocenters. The maximum absolute atomic E-state index is 9.66. The summed E-state index contributed by atoms with van der Waals surface area (Å²) in [5.41, 5.74) is 3.98. The number of aromatic nitrogens is 1. The quantitative estimate of drug-likeness (QED) is 0.914. The zero-order chi connectivity index (χ0) is 16.1. The fourth-order valence-corrected chi connectivity index (χ4v) is 3.46. The van der Waals surface area contributed by atoms with E-state index in [2.05, 4.69) is 53.2 Å². The first kappa shape index (κ1) is 16.2. The minimum Gasteiger partial charge on any atom is -0.396 e. The number of hydrogen-bond donors (Lipinski definition) is 1. The van der Waals surface area contributed by atoms with Crippen molar-refractivity contribution < 1.29 is 5.11 Å². The summed E-state index contributed by atoms with van der Waals surface area (Å²) < 4.78 is 0. The van der Waals surface area contributed by atoms with Crippen molar-refractivity contribution in [2.75, 3.05) is 19.7 Å². The molecule has 23 heavy (non-hydrogen) atoms. The fourth-order valence-electron chi connectivity index (χ4n) is 3.46. The fraction of sp³-hybridized carbons (Fsp3) is 0.450. The van der Waals surface area contributed by atoms with E-state index in [9.17, 15) is 5.11 Å². The molecule has 1 aliphatic rings. The number of benzene rings is 1. The maximum Gasteiger partial charge on any atom is 0.0488 e. The van der Waals surface area contributed by atoms with E-state index in [1.54, 1.807) is 0 Å². The van der Waals surface area contributed by atoms with Crippen LogP contribution < -0.4 is 0 Å². The molecule has 3 heteroatoms. The molecule has 0 spiro atoms. The van der Waals surface area contributed by atoms with Crippen molar-refractivity contribution in [1.82, 2.24) is 9.88 Å². The van der Waals surface area contributed by atoms with Crippen LogP contribution in [0.5, 0.6) is 0 Å². The molecule has 3 nitrogen and oxygen atoms in total.